The number of thiazole rings is 1. The molecule has 1 aliphatic rings. The number of benzene rings is 3. The van der Waals surface area contributed by atoms with Crippen molar-refractivity contribution in [3.05, 3.63) is 82.7 Å². The zero-order valence-corrected chi connectivity index (χ0v) is 21.8. The molecule has 5 rings (SSSR count). The van der Waals surface area contributed by atoms with Gasteiger partial charge in [-0.05, 0) is 42.8 Å². The minimum Gasteiger partial charge on any atom is -0.507 e. The van der Waals surface area contributed by atoms with Crippen molar-refractivity contribution in [1.82, 2.24) is 4.98 Å². The number of ether oxygens (including phenoxy) is 3. The molecule has 1 fully saturated rings. The number of anilines is 1. The van der Waals surface area contributed by atoms with Gasteiger partial charge in [0.2, 0.25) is 5.75 Å². The second-order valence-corrected chi connectivity index (χ2v) is 9.61. The monoisotopic (exact) mass is 534 g/mol. The normalized spacial score (nSPS) is 16.8. The summed E-state index contributed by atoms with van der Waals surface area (Å²) in [5.41, 5.74) is 2.09. The number of aliphatic hydroxyl groups is 1. The number of methoxy groups -OCH3 is 3. The summed E-state index contributed by atoms with van der Waals surface area (Å²) in [5.74, 6) is -1.62. The van der Waals surface area contributed by atoms with Gasteiger partial charge in [-0.1, -0.05) is 41.2 Å². The van der Waals surface area contributed by atoms with Crippen LogP contribution in [0.2, 0.25) is 0 Å². The zero-order valence-electron chi connectivity index (χ0n) is 20.9. The summed E-state index contributed by atoms with van der Waals surface area (Å²) in [7, 11) is 4.36. The van der Waals surface area contributed by atoms with Crippen LogP contribution in [0.4, 0.5) is 9.52 Å². The molecule has 1 aromatic heterocycles. The molecule has 4 aromatic rings. The number of ketones is 1. The van der Waals surface area contributed by atoms with Crippen molar-refractivity contribution < 1.29 is 33.3 Å². The van der Waals surface area contributed by atoms with Crippen LogP contribution in [0.1, 0.15) is 22.7 Å². The Kier molecular flexibility index (Phi) is 6.50. The number of halogens is 1. The van der Waals surface area contributed by atoms with E-state index in [2.05, 4.69) is 4.98 Å². The Bertz CT molecular complexity index is 1590. The molecule has 0 radical (unpaired) electrons. The van der Waals surface area contributed by atoms with Gasteiger partial charge in [-0.3, -0.25) is 14.5 Å². The first-order chi connectivity index (χ1) is 18.3. The van der Waals surface area contributed by atoms with Gasteiger partial charge in [-0.25, -0.2) is 9.37 Å². The van der Waals surface area contributed by atoms with Crippen LogP contribution >= 0.6 is 11.3 Å². The Balaban J connectivity index is 1.78. The number of aromatic nitrogens is 1. The summed E-state index contributed by atoms with van der Waals surface area (Å²) in [6.45, 7) is 1.90. The lowest BCUT2D eigenvalue weighted by molar-refractivity contribution is -0.132. The third-order valence-corrected chi connectivity index (χ3v) is 7.33. The maximum absolute atomic E-state index is 13.9. The van der Waals surface area contributed by atoms with Crippen LogP contribution in [-0.4, -0.2) is 43.1 Å². The summed E-state index contributed by atoms with van der Waals surface area (Å²) >= 11 is 1.06. The van der Waals surface area contributed by atoms with E-state index in [1.807, 2.05) is 6.92 Å². The number of carbonyl (C=O) groups excluding carboxylic acids is 2. The second kappa shape index (κ2) is 9.79. The maximum atomic E-state index is 13.9. The van der Waals surface area contributed by atoms with Gasteiger partial charge in [0.05, 0.1) is 43.2 Å². The van der Waals surface area contributed by atoms with Crippen molar-refractivity contribution in [2.75, 3.05) is 26.2 Å². The molecule has 0 bridgehead atoms. The van der Waals surface area contributed by atoms with E-state index in [0.29, 0.717) is 38.6 Å². The molecular weight excluding hydrogens is 511 g/mol. The highest BCUT2D eigenvalue weighted by molar-refractivity contribution is 7.22. The molecule has 8 nitrogen and oxygen atoms in total. The molecule has 1 unspecified atom stereocenters. The van der Waals surface area contributed by atoms with Crippen molar-refractivity contribution >= 4 is 44.1 Å². The summed E-state index contributed by atoms with van der Waals surface area (Å²) in [4.78, 5) is 32.7. The van der Waals surface area contributed by atoms with E-state index in [9.17, 15) is 19.1 Å². The summed E-state index contributed by atoms with van der Waals surface area (Å²) in [5, 5.41) is 11.5. The lowest BCUT2D eigenvalue weighted by Crippen LogP contribution is -2.29. The van der Waals surface area contributed by atoms with Gasteiger partial charge >= 0.3 is 5.91 Å². The third kappa shape index (κ3) is 4.12. The Morgan fingerprint density at radius 1 is 0.974 bits per heavy atom. The molecular formula is C28H23FN2O6S. The molecule has 194 valence electrons. The molecule has 10 heteroatoms. The molecule has 0 spiro atoms. The first kappa shape index (κ1) is 25.2. The highest BCUT2D eigenvalue weighted by atomic mass is 32.1. The van der Waals surface area contributed by atoms with Crippen LogP contribution in [0.25, 0.3) is 16.0 Å². The molecule has 3 aromatic carbocycles. The van der Waals surface area contributed by atoms with E-state index < -0.39 is 23.5 Å². The standard InChI is InChI=1S/C28H23FN2O6S/c1-14-5-7-15(8-6-14)24(32)22-23(16-11-19(35-2)26(37-4)20(12-16)36-3)31(27(34)25(22)33)28-30-18-10-9-17(29)13-21(18)38-28/h5-13,23,32H,1-4H3/b24-22+. The SMILES string of the molecule is COc1cc(C2/C(=C(\O)c3ccc(C)cc3)C(=O)C(=O)N2c2nc3ccc(F)cc3s2)cc(OC)c1OC. The third-order valence-electron chi connectivity index (χ3n) is 6.32. The molecule has 1 atom stereocenters. The molecule has 2 heterocycles. The number of rotatable bonds is 6. The van der Waals surface area contributed by atoms with Gasteiger partial charge in [0, 0.05) is 5.56 Å². The van der Waals surface area contributed by atoms with E-state index in [1.165, 1.54) is 44.4 Å². The van der Waals surface area contributed by atoms with E-state index in [4.69, 9.17) is 14.2 Å². The van der Waals surface area contributed by atoms with Crippen LogP contribution in [0, 0.1) is 12.7 Å². The quantitative estimate of drug-likeness (QED) is 0.201. The van der Waals surface area contributed by atoms with Gasteiger partial charge in [-0.15, -0.1) is 0 Å². The highest BCUT2D eigenvalue weighted by Crippen LogP contribution is 2.48. The lowest BCUT2D eigenvalue weighted by atomic mass is 9.94. The predicted octanol–water partition coefficient (Wildman–Crippen LogP) is 5.40. The molecule has 1 aliphatic heterocycles. The first-order valence-corrected chi connectivity index (χ1v) is 12.3. The first-order valence-electron chi connectivity index (χ1n) is 11.5. The topological polar surface area (TPSA) is 98.2 Å². The number of aliphatic hydroxyl groups excluding tert-OH is 1. The maximum Gasteiger partial charge on any atom is 0.301 e. The number of amides is 1. The molecule has 1 N–H and O–H groups in total. The van der Waals surface area contributed by atoms with E-state index >= 15 is 0 Å². The highest BCUT2D eigenvalue weighted by Gasteiger charge is 2.48. The fourth-order valence-corrected chi connectivity index (χ4v) is 5.48. The number of Topliss-reactive ketones (excluding diaryl/α,β-unsaturated/α-hetero) is 1. The van der Waals surface area contributed by atoms with Crippen LogP contribution < -0.4 is 19.1 Å². The fraction of sp³-hybridized carbons (Fsp3) is 0.179. The van der Waals surface area contributed by atoms with E-state index in [0.717, 1.165) is 16.9 Å². The number of nitrogens with zero attached hydrogens (tertiary/aromatic N) is 2. The summed E-state index contributed by atoms with van der Waals surface area (Å²) < 4.78 is 30.8. The largest absolute Gasteiger partial charge is 0.507 e. The fourth-order valence-electron chi connectivity index (χ4n) is 4.46. The molecule has 0 aliphatic carbocycles. The second-order valence-electron chi connectivity index (χ2n) is 8.60. The van der Waals surface area contributed by atoms with Crippen molar-refractivity contribution in [2.45, 2.75) is 13.0 Å². The van der Waals surface area contributed by atoms with E-state index in [1.54, 1.807) is 36.4 Å². The van der Waals surface area contributed by atoms with Crippen LogP contribution in [0.5, 0.6) is 17.2 Å². The lowest BCUT2D eigenvalue weighted by Gasteiger charge is -2.24. The minimum atomic E-state index is -1.09. The Labute approximate surface area is 221 Å². The van der Waals surface area contributed by atoms with Gasteiger partial charge in [0.1, 0.15) is 11.6 Å². The van der Waals surface area contributed by atoms with Crippen molar-refractivity contribution in [2.24, 2.45) is 0 Å². The number of hydrogen-bond donors (Lipinski definition) is 1. The number of aryl methyl sites for hydroxylation is 1. The summed E-state index contributed by atoms with van der Waals surface area (Å²) in [6, 6.07) is 13.2. The number of carbonyl (C=O) groups is 2. The molecule has 1 amide bonds. The van der Waals surface area contributed by atoms with Gasteiger partial charge in [0.15, 0.2) is 16.6 Å². The minimum absolute atomic E-state index is 0.126. The Morgan fingerprint density at radius 3 is 2.24 bits per heavy atom. The summed E-state index contributed by atoms with van der Waals surface area (Å²) in [6.07, 6.45) is 0. The zero-order chi connectivity index (χ0) is 27.1. The molecule has 1 saturated heterocycles. The van der Waals surface area contributed by atoms with Crippen LogP contribution in [0.15, 0.2) is 60.2 Å². The van der Waals surface area contributed by atoms with Crippen molar-refractivity contribution in [3.63, 3.8) is 0 Å². The van der Waals surface area contributed by atoms with Crippen LogP contribution in [0.3, 0.4) is 0 Å². The number of fused-ring (bicyclic) bond motifs is 1. The van der Waals surface area contributed by atoms with Gasteiger partial charge in [0.25, 0.3) is 5.78 Å². The molecule has 38 heavy (non-hydrogen) atoms. The average Bonchev–Trinajstić information content (AvgIpc) is 3.45. The van der Waals surface area contributed by atoms with E-state index in [-0.39, 0.29) is 16.5 Å². The number of hydrogen-bond acceptors (Lipinski definition) is 8. The van der Waals surface area contributed by atoms with Gasteiger partial charge < -0.3 is 19.3 Å². The smallest absolute Gasteiger partial charge is 0.301 e. The van der Waals surface area contributed by atoms with Crippen molar-refractivity contribution in [1.29, 1.82) is 0 Å². The van der Waals surface area contributed by atoms with Crippen molar-refractivity contribution in [3.8, 4) is 17.2 Å². The average molecular weight is 535 g/mol. The Hall–Kier alpha value is -4.44. The predicted molar refractivity (Wildman–Crippen MR) is 142 cm³/mol. The van der Waals surface area contributed by atoms with Crippen LogP contribution in [-0.2, 0) is 9.59 Å². The Morgan fingerprint density at radius 2 is 1.63 bits per heavy atom. The van der Waals surface area contributed by atoms with Gasteiger partial charge in [-0.2, -0.15) is 0 Å². The molecule has 0 saturated carbocycles.